The molecule has 0 unspecified atom stereocenters. The van der Waals surface area contributed by atoms with Crippen LogP contribution in [0.25, 0.3) is 11.3 Å². The van der Waals surface area contributed by atoms with Crippen molar-refractivity contribution in [2.45, 2.75) is 129 Å². The molecule has 4 heteroatoms. The molecule has 0 spiro atoms. The quantitative estimate of drug-likeness (QED) is 0.108. The van der Waals surface area contributed by atoms with Gasteiger partial charge in [0.25, 0.3) is 0 Å². The molecule has 0 aliphatic heterocycles. The molecule has 194 valence electrons. The average molecular weight is 481 g/mol. The van der Waals surface area contributed by atoms with Crippen LogP contribution in [-0.2, 0) is 11.2 Å². The molecule has 0 saturated heterocycles. The van der Waals surface area contributed by atoms with Crippen LogP contribution < -0.4 is 4.74 Å². The van der Waals surface area contributed by atoms with Gasteiger partial charge in [-0.3, -0.25) is 14.8 Å². The van der Waals surface area contributed by atoms with Crippen molar-refractivity contribution in [1.82, 2.24) is 9.97 Å². The number of ether oxygens (including phenoxy) is 1. The molecule has 1 heterocycles. The third-order valence-electron chi connectivity index (χ3n) is 6.61. The smallest absolute Gasteiger partial charge is 0.311 e. The first kappa shape index (κ1) is 29.0. The Balaban J connectivity index is 1.61. The van der Waals surface area contributed by atoms with E-state index in [2.05, 4.69) is 23.8 Å². The standard InChI is InChI=1S/C31H48N2O2/c1-3-5-7-9-11-12-14-16-18-20-31(34)35-29-23-21-27(22-24-29)30-26-32-28(25-33-30)19-17-15-13-10-8-6-4-2/h21-26H,3-20H2,1-2H3. The lowest BCUT2D eigenvalue weighted by atomic mass is 10.1. The van der Waals surface area contributed by atoms with Gasteiger partial charge >= 0.3 is 5.97 Å². The third kappa shape index (κ3) is 13.4. The van der Waals surface area contributed by atoms with Gasteiger partial charge in [0, 0.05) is 18.2 Å². The van der Waals surface area contributed by atoms with Gasteiger partial charge in [0.1, 0.15) is 5.75 Å². The fourth-order valence-corrected chi connectivity index (χ4v) is 4.35. The summed E-state index contributed by atoms with van der Waals surface area (Å²) in [6.07, 6.45) is 25.6. The summed E-state index contributed by atoms with van der Waals surface area (Å²) in [4.78, 5) is 21.3. The number of esters is 1. The molecule has 0 saturated carbocycles. The van der Waals surface area contributed by atoms with Crippen LogP contribution in [0.5, 0.6) is 5.75 Å². The van der Waals surface area contributed by atoms with Crippen molar-refractivity contribution < 1.29 is 9.53 Å². The first-order valence-corrected chi connectivity index (χ1v) is 14.3. The minimum absolute atomic E-state index is 0.143. The number of nitrogens with zero attached hydrogens (tertiary/aromatic N) is 2. The van der Waals surface area contributed by atoms with E-state index in [0.29, 0.717) is 12.2 Å². The summed E-state index contributed by atoms with van der Waals surface area (Å²) >= 11 is 0. The van der Waals surface area contributed by atoms with Gasteiger partial charge in [-0.1, -0.05) is 104 Å². The van der Waals surface area contributed by atoms with Crippen molar-refractivity contribution in [1.29, 1.82) is 0 Å². The fraction of sp³-hybridized carbons (Fsp3) is 0.645. The largest absolute Gasteiger partial charge is 0.427 e. The Labute approximate surface area is 214 Å². The Bertz CT molecular complexity index is 787. The van der Waals surface area contributed by atoms with Crippen LogP contribution in [0.1, 0.15) is 129 Å². The average Bonchev–Trinajstić information content (AvgIpc) is 2.88. The number of hydrogen-bond acceptors (Lipinski definition) is 4. The van der Waals surface area contributed by atoms with Gasteiger partial charge in [0.15, 0.2) is 0 Å². The lowest BCUT2D eigenvalue weighted by molar-refractivity contribution is -0.134. The van der Waals surface area contributed by atoms with Crippen molar-refractivity contribution in [3.05, 3.63) is 42.4 Å². The van der Waals surface area contributed by atoms with Crippen LogP contribution in [0.2, 0.25) is 0 Å². The van der Waals surface area contributed by atoms with Gasteiger partial charge in [-0.2, -0.15) is 0 Å². The van der Waals surface area contributed by atoms with Crippen LogP contribution in [0.15, 0.2) is 36.7 Å². The van der Waals surface area contributed by atoms with Crippen LogP contribution in [0.3, 0.4) is 0 Å². The molecule has 2 aromatic rings. The summed E-state index contributed by atoms with van der Waals surface area (Å²) in [6, 6.07) is 7.58. The zero-order valence-electron chi connectivity index (χ0n) is 22.4. The summed E-state index contributed by atoms with van der Waals surface area (Å²) in [7, 11) is 0. The van der Waals surface area contributed by atoms with Crippen molar-refractivity contribution in [2.75, 3.05) is 0 Å². The second kappa shape index (κ2) is 19.0. The van der Waals surface area contributed by atoms with E-state index in [0.717, 1.165) is 36.2 Å². The second-order valence-electron chi connectivity index (χ2n) is 9.84. The molecule has 0 aliphatic carbocycles. The number of unbranched alkanes of at least 4 members (excludes halogenated alkanes) is 14. The van der Waals surface area contributed by atoms with Crippen molar-refractivity contribution in [2.24, 2.45) is 0 Å². The van der Waals surface area contributed by atoms with Gasteiger partial charge in [-0.25, -0.2) is 0 Å². The minimum Gasteiger partial charge on any atom is -0.427 e. The monoisotopic (exact) mass is 480 g/mol. The van der Waals surface area contributed by atoms with E-state index in [1.165, 1.54) is 89.9 Å². The predicted molar refractivity (Wildman–Crippen MR) is 147 cm³/mol. The highest BCUT2D eigenvalue weighted by molar-refractivity contribution is 5.72. The van der Waals surface area contributed by atoms with Gasteiger partial charge in [-0.05, 0) is 43.5 Å². The second-order valence-corrected chi connectivity index (χ2v) is 9.84. The topological polar surface area (TPSA) is 52.1 Å². The summed E-state index contributed by atoms with van der Waals surface area (Å²) < 4.78 is 5.51. The molecule has 0 radical (unpaired) electrons. The van der Waals surface area contributed by atoms with E-state index >= 15 is 0 Å². The molecule has 0 fully saturated rings. The molecule has 35 heavy (non-hydrogen) atoms. The lowest BCUT2D eigenvalue weighted by Gasteiger charge is -2.07. The van der Waals surface area contributed by atoms with Crippen molar-refractivity contribution in [3.63, 3.8) is 0 Å². The summed E-state index contributed by atoms with van der Waals surface area (Å²) in [5, 5.41) is 0. The molecule has 0 amide bonds. The molecular formula is C31H48N2O2. The molecular weight excluding hydrogens is 432 g/mol. The summed E-state index contributed by atoms with van der Waals surface area (Å²) in [5.74, 6) is 0.452. The van der Waals surface area contributed by atoms with E-state index in [9.17, 15) is 4.79 Å². The van der Waals surface area contributed by atoms with Crippen molar-refractivity contribution in [3.8, 4) is 17.0 Å². The molecule has 1 aromatic heterocycles. The SMILES string of the molecule is CCCCCCCCCCCC(=O)Oc1ccc(-c2cnc(CCCCCCCCC)cn2)cc1. The summed E-state index contributed by atoms with van der Waals surface area (Å²) in [6.45, 7) is 4.50. The molecule has 0 N–H and O–H groups in total. The van der Waals surface area contributed by atoms with Gasteiger partial charge in [0.05, 0.1) is 17.6 Å². The van der Waals surface area contributed by atoms with E-state index < -0.39 is 0 Å². The number of rotatable bonds is 20. The Morgan fingerprint density at radius 3 is 1.74 bits per heavy atom. The first-order chi connectivity index (χ1) is 17.2. The molecule has 4 nitrogen and oxygen atoms in total. The third-order valence-corrected chi connectivity index (χ3v) is 6.61. The Morgan fingerprint density at radius 1 is 0.657 bits per heavy atom. The van der Waals surface area contributed by atoms with Crippen LogP contribution in [-0.4, -0.2) is 15.9 Å². The van der Waals surface area contributed by atoms with E-state index in [1.807, 2.05) is 36.7 Å². The van der Waals surface area contributed by atoms with E-state index in [1.54, 1.807) is 0 Å². The lowest BCUT2D eigenvalue weighted by Crippen LogP contribution is -2.07. The molecule has 2 rings (SSSR count). The van der Waals surface area contributed by atoms with Gasteiger partial charge in [0.2, 0.25) is 0 Å². The first-order valence-electron chi connectivity index (χ1n) is 14.3. The maximum absolute atomic E-state index is 12.1. The number of hydrogen-bond donors (Lipinski definition) is 0. The van der Waals surface area contributed by atoms with Gasteiger partial charge in [-0.15, -0.1) is 0 Å². The predicted octanol–water partition coefficient (Wildman–Crippen LogP) is 9.26. The van der Waals surface area contributed by atoms with Crippen LogP contribution >= 0.6 is 0 Å². The molecule has 0 bridgehead atoms. The number of carbonyl (C=O) groups excluding carboxylic acids is 1. The molecule has 0 aliphatic rings. The zero-order chi connectivity index (χ0) is 25.0. The highest BCUT2D eigenvalue weighted by Gasteiger charge is 2.07. The Morgan fingerprint density at radius 2 is 1.20 bits per heavy atom. The number of aromatic nitrogens is 2. The zero-order valence-corrected chi connectivity index (χ0v) is 22.4. The van der Waals surface area contributed by atoms with Crippen LogP contribution in [0, 0.1) is 0 Å². The highest BCUT2D eigenvalue weighted by atomic mass is 16.5. The maximum atomic E-state index is 12.1. The fourth-order valence-electron chi connectivity index (χ4n) is 4.35. The highest BCUT2D eigenvalue weighted by Crippen LogP contribution is 2.21. The Hall–Kier alpha value is -2.23. The minimum atomic E-state index is -0.143. The number of carbonyl (C=O) groups is 1. The van der Waals surface area contributed by atoms with E-state index in [-0.39, 0.29) is 5.97 Å². The molecule has 0 atom stereocenters. The number of aryl methyl sites for hydroxylation is 1. The van der Waals surface area contributed by atoms with Crippen LogP contribution in [0.4, 0.5) is 0 Å². The van der Waals surface area contributed by atoms with E-state index in [4.69, 9.17) is 4.74 Å². The maximum Gasteiger partial charge on any atom is 0.311 e. The van der Waals surface area contributed by atoms with Crippen molar-refractivity contribution >= 4 is 5.97 Å². The summed E-state index contributed by atoms with van der Waals surface area (Å²) in [5.41, 5.74) is 2.89. The Kier molecular flexibility index (Phi) is 15.8. The number of benzene rings is 1. The van der Waals surface area contributed by atoms with Gasteiger partial charge < -0.3 is 4.74 Å². The molecule has 1 aromatic carbocycles. The normalized spacial score (nSPS) is 11.0.